The molecule has 1 rings (SSSR count). The van der Waals surface area contributed by atoms with Crippen molar-refractivity contribution >= 4 is 17.2 Å². The molecule has 1 aliphatic rings. The topological polar surface area (TPSA) is 49.5 Å². The van der Waals surface area contributed by atoms with Gasteiger partial charge < -0.3 is 10.8 Å². The summed E-state index contributed by atoms with van der Waals surface area (Å²) in [6, 6.07) is 0. The minimum Gasteiger partial charge on any atom is -0.392 e. The van der Waals surface area contributed by atoms with E-state index < -0.39 is 5.60 Å². The van der Waals surface area contributed by atoms with E-state index in [0.29, 0.717) is 18.1 Å². The van der Waals surface area contributed by atoms with Crippen molar-refractivity contribution in [2.45, 2.75) is 31.3 Å². The molecule has 0 radical (unpaired) electrons. The van der Waals surface area contributed by atoms with Crippen LogP contribution in [0.25, 0.3) is 0 Å². The van der Waals surface area contributed by atoms with Crippen LogP contribution in [0.2, 0.25) is 0 Å². The number of nitrogens with two attached hydrogens (primary N) is 1. The molecule has 0 aromatic carbocycles. The van der Waals surface area contributed by atoms with Crippen LogP contribution in [0.15, 0.2) is 0 Å². The van der Waals surface area contributed by atoms with Gasteiger partial charge in [0.15, 0.2) is 0 Å². The second kappa shape index (κ2) is 4.35. The van der Waals surface area contributed by atoms with Gasteiger partial charge >= 0.3 is 0 Å². The number of rotatable bonds is 4. The number of hydrogen-bond donors (Lipinski definition) is 2. The predicted octanol–water partition coefficient (Wildman–Crippen LogP) is 0.509. The highest BCUT2D eigenvalue weighted by Crippen LogP contribution is 2.29. The summed E-state index contributed by atoms with van der Waals surface area (Å²) in [5.41, 5.74) is 4.93. The lowest BCUT2D eigenvalue weighted by Crippen LogP contribution is -2.42. The standard InChI is InChI=1S/C9H18N2OS/c1-11(6-8(10)13)7-9(12)4-2-3-5-9/h12H,2-7H2,1H3,(H2,10,13). The minimum atomic E-state index is -0.487. The van der Waals surface area contributed by atoms with E-state index in [9.17, 15) is 5.11 Å². The van der Waals surface area contributed by atoms with Crippen molar-refractivity contribution in [1.29, 1.82) is 0 Å². The molecular formula is C9H18N2OS. The lowest BCUT2D eigenvalue weighted by atomic mass is 10.0. The number of thiocarbonyl (C=S) groups is 1. The van der Waals surface area contributed by atoms with Gasteiger partial charge in [-0.1, -0.05) is 25.1 Å². The van der Waals surface area contributed by atoms with Gasteiger partial charge in [-0.05, 0) is 19.9 Å². The Morgan fingerprint density at radius 2 is 2.08 bits per heavy atom. The Balaban J connectivity index is 2.33. The van der Waals surface area contributed by atoms with E-state index in [-0.39, 0.29) is 0 Å². The first kappa shape index (κ1) is 10.9. The van der Waals surface area contributed by atoms with Crippen LogP contribution in [0.1, 0.15) is 25.7 Å². The van der Waals surface area contributed by atoms with Crippen LogP contribution >= 0.6 is 12.2 Å². The quantitative estimate of drug-likeness (QED) is 0.652. The first-order valence-electron chi connectivity index (χ1n) is 4.71. The van der Waals surface area contributed by atoms with Crippen LogP contribution in [0.5, 0.6) is 0 Å². The van der Waals surface area contributed by atoms with Crippen LogP contribution in [0.3, 0.4) is 0 Å². The number of nitrogens with zero attached hydrogens (tertiary/aromatic N) is 1. The Hall–Kier alpha value is -0.190. The summed E-state index contributed by atoms with van der Waals surface area (Å²) in [6.45, 7) is 1.28. The lowest BCUT2D eigenvalue weighted by molar-refractivity contribution is 0.0201. The highest BCUT2D eigenvalue weighted by atomic mass is 32.1. The summed E-state index contributed by atoms with van der Waals surface area (Å²) in [6.07, 6.45) is 4.10. The number of hydrogen-bond acceptors (Lipinski definition) is 3. The average Bonchev–Trinajstić information content (AvgIpc) is 2.33. The van der Waals surface area contributed by atoms with Gasteiger partial charge in [-0.15, -0.1) is 0 Å². The molecule has 0 spiro atoms. The van der Waals surface area contributed by atoms with E-state index in [1.165, 1.54) is 0 Å². The third-order valence-corrected chi connectivity index (χ3v) is 2.65. The third-order valence-electron chi connectivity index (χ3n) is 2.52. The van der Waals surface area contributed by atoms with Gasteiger partial charge in [0.25, 0.3) is 0 Å². The second-order valence-electron chi connectivity index (χ2n) is 4.07. The molecule has 0 aromatic rings. The highest BCUT2D eigenvalue weighted by Gasteiger charge is 2.31. The molecule has 0 aromatic heterocycles. The Labute approximate surface area is 84.9 Å². The molecule has 4 heteroatoms. The number of aliphatic hydroxyl groups is 1. The first-order valence-corrected chi connectivity index (χ1v) is 5.12. The van der Waals surface area contributed by atoms with Crippen LogP contribution < -0.4 is 5.73 Å². The molecule has 76 valence electrons. The Morgan fingerprint density at radius 1 is 1.54 bits per heavy atom. The number of likely N-dealkylation sites (N-methyl/N-ethyl adjacent to an activating group) is 1. The summed E-state index contributed by atoms with van der Waals surface area (Å²) in [7, 11) is 1.94. The van der Waals surface area contributed by atoms with E-state index in [1.807, 2.05) is 11.9 Å². The fourth-order valence-corrected chi connectivity index (χ4v) is 2.24. The maximum atomic E-state index is 10.0. The van der Waals surface area contributed by atoms with E-state index in [1.54, 1.807) is 0 Å². The van der Waals surface area contributed by atoms with Gasteiger partial charge in [-0.2, -0.15) is 0 Å². The SMILES string of the molecule is CN(CC(N)=S)CC1(O)CCCC1. The molecule has 3 nitrogen and oxygen atoms in total. The largest absolute Gasteiger partial charge is 0.392 e. The summed E-state index contributed by atoms with van der Waals surface area (Å²) in [5, 5.41) is 10.0. The Kier molecular flexibility index (Phi) is 3.64. The van der Waals surface area contributed by atoms with Crippen LogP contribution in [0.4, 0.5) is 0 Å². The molecule has 0 aliphatic heterocycles. The summed E-state index contributed by atoms with van der Waals surface area (Å²) in [4.78, 5) is 2.48. The van der Waals surface area contributed by atoms with Crippen molar-refractivity contribution in [1.82, 2.24) is 4.90 Å². The molecule has 0 unspecified atom stereocenters. The van der Waals surface area contributed by atoms with Gasteiger partial charge in [0.05, 0.1) is 10.6 Å². The van der Waals surface area contributed by atoms with Gasteiger partial charge in [-0.3, -0.25) is 4.90 Å². The summed E-state index contributed by atoms with van der Waals surface area (Å²) < 4.78 is 0. The molecule has 0 bridgehead atoms. The zero-order valence-corrected chi connectivity index (χ0v) is 8.94. The predicted molar refractivity (Wildman–Crippen MR) is 57.7 cm³/mol. The highest BCUT2D eigenvalue weighted by molar-refractivity contribution is 7.80. The molecule has 3 N–H and O–H groups in total. The zero-order chi connectivity index (χ0) is 9.90. The smallest absolute Gasteiger partial charge is 0.0869 e. The van der Waals surface area contributed by atoms with Gasteiger partial charge in [0.2, 0.25) is 0 Å². The summed E-state index contributed by atoms with van der Waals surface area (Å²) in [5.74, 6) is 0. The van der Waals surface area contributed by atoms with Crippen LogP contribution in [-0.4, -0.2) is 40.7 Å². The molecule has 13 heavy (non-hydrogen) atoms. The van der Waals surface area contributed by atoms with Crippen molar-refractivity contribution in [2.75, 3.05) is 20.1 Å². The fraction of sp³-hybridized carbons (Fsp3) is 0.889. The van der Waals surface area contributed by atoms with Gasteiger partial charge in [0.1, 0.15) is 0 Å². The van der Waals surface area contributed by atoms with Crippen molar-refractivity contribution in [3.63, 3.8) is 0 Å². The normalized spacial score (nSPS) is 20.8. The molecule has 1 fully saturated rings. The third kappa shape index (κ3) is 3.58. The van der Waals surface area contributed by atoms with Crippen molar-refractivity contribution < 1.29 is 5.11 Å². The molecular weight excluding hydrogens is 184 g/mol. The van der Waals surface area contributed by atoms with Gasteiger partial charge in [0, 0.05) is 13.1 Å². The molecule has 1 saturated carbocycles. The molecule has 0 saturated heterocycles. The van der Waals surface area contributed by atoms with Crippen LogP contribution in [0, 0.1) is 0 Å². The summed E-state index contributed by atoms with van der Waals surface area (Å²) >= 11 is 4.80. The molecule has 0 heterocycles. The van der Waals surface area contributed by atoms with E-state index in [0.717, 1.165) is 25.7 Å². The first-order chi connectivity index (χ1) is 6.02. The van der Waals surface area contributed by atoms with Gasteiger partial charge in [-0.25, -0.2) is 0 Å². The minimum absolute atomic E-state index is 0.487. The Bertz CT molecular complexity index is 190. The van der Waals surface area contributed by atoms with E-state index in [4.69, 9.17) is 18.0 Å². The van der Waals surface area contributed by atoms with E-state index in [2.05, 4.69) is 0 Å². The molecule has 0 amide bonds. The van der Waals surface area contributed by atoms with Crippen molar-refractivity contribution in [3.05, 3.63) is 0 Å². The Morgan fingerprint density at radius 3 is 2.54 bits per heavy atom. The maximum absolute atomic E-state index is 10.0. The van der Waals surface area contributed by atoms with Crippen LogP contribution in [-0.2, 0) is 0 Å². The lowest BCUT2D eigenvalue weighted by Gasteiger charge is -2.28. The monoisotopic (exact) mass is 202 g/mol. The maximum Gasteiger partial charge on any atom is 0.0869 e. The van der Waals surface area contributed by atoms with Crippen molar-refractivity contribution in [2.24, 2.45) is 5.73 Å². The van der Waals surface area contributed by atoms with E-state index >= 15 is 0 Å². The fourth-order valence-electron chi connectivity index (χ4n) is 2.02. The second-order valence-corrected chi connectivity index (χ2v) is 4.59. The molecule has 0 atom stereocenters. The zero-order valence-electron chi connectivity index (χ0n) is 8.12. The molecule has 1 aliphatic carbocycles. The average molecular weight is 202 g/mol. The van der Waals surface area contributed by atoms with Crippen molar-refractivity contribution in [3.8, 4) is 0 Å².